The molecule has 0 saturated carbocycles. The number of hydrogen-bond donors (Lipinski definition) is 1. The second-order valence-electron chi connectivity index (χ2n) is 6.57. The lowest BCUT2D eigenvalue weighted by Gasteiger charge is -2.10. The lowest BCUT2D eigenvalue weighted by atomic mass is 10.2. The fraction of sp³-hybridized carbons (Fsp3) is 0.0870. The summed E-state index contributed by atoms with van der Waals surface area (Å²) in [5.74, 6) is 1.34. The molecule has 0 unspecified atom stereocenters. The number of aromatic nitrogens is 4. The summed E-state index contributed by atoms with van der Waals surface area (Å²) in [5, 5.41) is 13.3. The molecule has 4 rings (SSSR count). The summed E-state index contributed by atoms with van der Waals surface area (Å²) < 4.78 is 7.05. The largest absolute Gasteiger partial charge is 0.497 e. The average molecular weight is 445 g/mol. The third-order valence-corrected chi connectivity index (χ3v) is 5.37. The molecule has 2 aromatic carbocycles. The van der Waals surface area contributed by atoms with E-state index in [1.807, 2.05) is 71.3 Å². The van der Waals surface area contributed by atoms with Gasteiger partial charge < -0.3 is 4.74 Å². The van der Waals surface area contributed by atoms with Crippen LogP contribution in [0.3, 0.4) is 0 Å². The summed E-state index contributed by atoms with van der Waals surface area (Å²) in [6, 6.07) is 20.9. The number of carbonyl (C=O) groups is 1. The van der Waals surface area contributed by atoms with Gasteiger partial charge in [0, 0.05) is 23.6 Å². The van der Waals surface area contributed by atoms with Gasteiger partial charge in [-0.1, -0.05) is 30.0 Å². The maximum atomic E-state index is 12.3. The van der Waals surface area contributed by atoms with E-state index >= 15 is 0 Å². The third kappa shape index (κ3) is 5.19. The van der Waals surface area contributed by atoms with Crippen LogP contribution in [0.2, 0.25) is 0 Å². The number of pyridine rings is 1. The van der Waals surface area contributed by atoms with E-state index in [0.29, 0.717) is 11.0 Å². The van der Waals surface area contributed by atoms with Crippen LogP contribution in [0.15, 0.2) is 89.4 Å². The molecule has 4 aromatic rings. The number of hydrazone groups is 1. The maximum Gasteiger partial charge on any atom is 0.250 e. The van der Waals surface area contributed by atoms with Crippen molar-refractivity contribution in [1.29, 1.82) is 0 Å². The Morgan fingerprint density at radius 3 is 2.53 bits per heavy atom. The minimum absolute atomic E-state index is 0.140. The molecule has 0 saturated heterocycles. The highest BCUT2D eigenvalue weighted by molar-refractivity contribution is 7.99. The van der Waals surface area contributed by atoms with Crippen LogP contribution in [-0.2, 0) is 4.79 Å². The molecule has 2 heterocycles. The summed E-state index contributed by atoms with van der Waals surface area (Å²) in [6.07, 6.45) is 5.00. The van der Waals surface area contributed by atoms with Crippen molar-refractivity contribution in [2.75, 3.05) is 12.9 Å². The molecule has 2 aromatic heterocycles. The van der Waals surface area contributed by atoms with Gasteiger partial charge in [0.1, 0.15) is 5.75 Å². The fourth-order valence-electron chi connectivity index (χ4n) is 2.89. The van der Waals surface area contributed by atoms with Crippen molar-refractivity contribution < 1.29 is 9.53 Å². The van der Waals surface area contributed by atoms with Crippen LogP contribution in [-0.4, -0.2) is 44.7 Å². The molecule has 8 nitrogen and oxygen atoms in total. The second kappa shape index (κ2) is 10.4. The summed E-state index contributed by atoms with van der Waals surface area (Å²) in [7, 11) is 1.61. The molecule has 0 spiro atoms. The Kier molecular flexibility index (Phi) is 6.88. The average Bonchev–Trinajstić information content (AvgIpc) is 3.28. The minimum Gasteiger partial charge on any atom is -0.497 e. The van der Waals surface area contributed by atoms with Gasteiger partial charge in [-0.05, 0) is 54.1 Å². The summed E-state index contributed by atoms with van der Waals surface area (Å²) in [4.78, 5) is 16.4. The van der Waals surface area contributed by atoms with Gasteiger partial charge in [0.25, 0.3) is 5.91 Å². The van der Waals surface area contributed by atoms with Gasteiger partial charge in [0.15, 0.2) is 11.0 Å². The van der Waals surface area contributed by atoms with Crippen LogP contribution in [0.5, 0.6) is 5.75 Å². The molecule has 1 amide bonds. The third-order valence-electron chi connectivity index (χ3n) is 4.44. The topological polar surface area (TPSA) is 94.3 Å². The highest BCUT2D eigenvalue weighted by atomic mass is 32.2. The Hall–Kier alpha value is -3.98. The fourth-order valence-corrected chi connectivity index (χ4v) is 3.64. The number of amides is 1. The van der Waals surface area contributed by atoms with Gasteiger partial charge in [-0.25, -0.2) is 5.43 Å². The molecule has 0 aliphatic rings. The first-order valence-electron chi connectivity index (χ1n) is 9.74. The van der Waals surface area contributed by atoms with E-state index in [0.717, 1.165) is 22.6 Å². The van der Waals surface area contributed by atoms with Crippen LogP contribution >= 0.6 is 11.8 Å². The van der Waals surface area contributed by atoms with Gasteiger partial charge >= 0.3 is 0 Å². The van der Waals surface area contributed by atoms with Crippen molar-refractivity contribution in [2.45, 2.75) is 5.16 Å². The molecule has 0 fully saturated rings. The van der Waals surface area contributed by atoms with Crippen molar-refractivity contribution >= 4 is 23.9 Å². The van der Waals surface area contributed by atoms with Gasteiger partial charge in [0.05, 0.1) is 19.1 Å². The summed E-state index contributed by atoms with van der Waals surface area (Å²) in [5.41, 5.74) is 5.18. The van der Waals surface area contributed by atoms with E-state index in [9.17, 15) is 4.79 Å². The predicted molar refractivity (Wildman–Crippen MR) is 124 cm³/mol. The van der Waals surface area contributed by atoms with Crippen molar-refractivity contribution in [3.8, 4) is 22.8 Å². The lowest BCUT2D eigenvalue weighted by molar-refractivity contribution is -0.118. The predicted octanol–water partition coefficient (Wildman–Crippen LogP) is 3.58. The number of carbonyl (C=O) groups excluding carboxylic acids is 1. The van der Waals surface area contributed by atoms with Crippen molar-refractivity contribution in [2.24, 2.45) is 5.10 Å². The number of ether oxygens (including phenoxy) is 1. The van der Waals surface area contributed by atoms with E-state index in [4.69, 9.17) is 4.74 Å². The van der Waals surface area contributed by atoms with Crippen LogP contribution < -0.4 is 10.2 Å². The number of para-hydroxylation sites is 1. The highest BCUT2D eigenvalue weighted by Crippen LogP contribution is 2.27. The number of nitrogens with one attached hydrogen (secondary N) is 1. The molecular weight excluding hydrogens is 424 g/mol. The Labute approximate surface area is 189 Å². The van der Waals surface area contributed by atoms with Crippen LogP contribution in [0.25, 0.3) is 17.1 Å². The number of benzene rings is 2. The van der Waals surface area contributed by atoms with Gasteiger partial charge in [-0.3, -0.25) is 14.3 Å². The van der Waals surface area contributed by atoms with Crippen LogP contribution in [0.4, 0.5) is 0 Å². The van der Waals surface area contributed by atoms with Crippen LogP contribution in [0, 0.1) is 0 Å². The molecule has 0 aliphatic heterocycles. The quantitative estimate of drug-likeness (QED) is 0.254. The Morgan fingerprint density at radius 1 is 1.06 bits per heavy atom. The van der Waals surface area contributed by atoms with Crippen molar-refractivity contribution in [3.05, 3.63) is 84.7 Å². The molecule has 0 atom stereocenters. The van der Waals surface area contributed by atoms with Crippen molar-refractivity contribution in [3.63, 3.8) is 0 Å². The normalized spacial score (nSPS) is 10.9. The zero-order chi connectivity index (χ0) is 22.2. The smallest absolute Gasteiger partial charge is 0.250 e. The molecular formula is C23H20N6O2S. The molecule has 0 bridgehead atoms. The van der Waals surface area contributed by atoms with Gasteiger partial charge in [-0.2, -0.15) is 5.10 Å². The molecule has 160 valence electrons. The first-order valence-corrected chi connectivity index (χ1v) is 10.7. The first kappa shape index (κ1) is 21.3. The summed E-state index contributed by atoms with van der Waals surface area (Å²) >= 11 is 1.29. The zero-order valence-electron chi connectivity index (χ0n) is 17.3. The number of methoxy groups -OCH3 is 1. The Balaban J connectivity index is 1.45. The highest BCUT2D eigenvalue weighted by Gasteiger charge is 2.17. The van der Waals surface area contributed by atoms with E-state index in [1.54, 1.807) is 25.7 Å². The Morgan fingerprint density at radius 2 is 1.81 bits per heavy atom. The SMILES string of the molecule is COc1ccc(C=NNC(=O)CSc2nnc(-c3ccncc3)n2-c2ccccc2)cc1. The number of thioether (sulfide) groups is 1. The standard InChI is InChI=1S/C23H20N6O2S/c1-31-20-9-7-17(8-10-20)15-25-26-21(30)16-32-23-28-27-22(18-11-13-24-14-12-18)29(23)19-5-3-2-4-6-19/h2-15H,16H2,1H3,(H,26,30). The number of nitrogens with zero attached hydrogens (tertiary/aromatic N) is 5. The first-order chi connectivity index (χ1) is 15.7. The molecule has 9 heteroatoms. The zero-order valence-corrected chi connectivity index (χ0v) is 18.1. The Bertz CT molecular complexity index is 1190. The monoisotopic (exact) mass is 444 g/mol. The summed E-state index contributed by atoms with van der Waals surface area (Å²) in [6.45, 7) is 0. The van der Waals surface area contributed by atoms with E-state index in [-0.39, 0.29) is 11.7 Å². The van der Waals surface area contributed by atoms with Crippen molar-refractivity contribution in [1.82, 2.24) is 25.2 Å². The second-order valence-corrected chi connectivity index (χ2v) is 7.51. The molecule has 1 N–H and O–H groups in total. The van der Waals surface area contributed by atoms with Gasteiger partial charge in [-0.15, -0.1) is 10.2 Å². The molecule has 32 heavy (non-hydrogen) atoms. The van der Waals surface area contributed by atoms with Crippen LogP contribution in [0.1, 0.15) is 5.56 Å². The molecule has 0 aliphatic carbocycles. The lowest BCUT2D eigenvalue weighted by Crippen LogP contribution is -2.20. The number of hydrogen-bond acceptors (Lipinski definition) is 7. The van der Waals surface area contributed by atoms with E-state index < -0.39 is 0 Å². The van der Waals surface area contributed by atoms with Gasteiger partial charge in [0.2, 0.25) is 0 Å². The minimum atomic E-state index is -0.243. The maximum absolute atomic E-state index is 12.3. The van der Waals surface area contributed by atoms with E-state index in [2.05, 4.69) is 25.7 Å². The van der Waals surface area contributed by atoms with E-state index in [1.165, 1.54) is 11.8 Å². The number of rotatable bonds is 8. The molecule has 0 radical (unpaired) electrons.